The van der Waals surface area contributed by atoms with Crippen LogP contribution in [0.5, 0.6) is 0 Å². The number of quaternary nitrogens is 1. The predicted octanol–water partition coefficient (Wildman–Crippen LogP) is 21.1. The molecule has 0 radical (unpaired) electrons. The molecule has 0 aliphatic rings. The molecule has 0 rings (SSSR count). The van der Waals surface area contributed by atoms with Crippen molar-refractivity contribution in [1.29, 1.82) is 0 Å². The van der Waals surface area contributed by atoms with Crippen molar-refractivity contribution in [2.45, 2.75) is 360 Å². The highest BCUT2D eigenvalue weighted by Gasteiger charge is 2.28. The number of aliphatic hydroxyl groups excluding tert-OH is 1. The van der Waals surface area contributed by atoms with Gasteiger partial charge in [0.2, 0.25) is 5.91 Å². The van der Waals surface area contributed by atoms with Gasteiger partial charge in [0, 0.05) is 6.42 Å². The monoisotopic (exact) mass is 1090 g/mol. The summed E-state index contributed by atoms with van der Waals surface area (Å²) >= 11 is 0. The lowest BCUT2D eigenvalue weighted by Gasteiger charge is -2.25. The van der Waals surface area contributed by atoms with E-state index in [0.717, 1.165) is 38.5 Å². The number of rotatable bonds is 63. The van der Waals surface area contributed by atoms with Crippen LogP contribution in [-0.2, 0) is 18.4 Å². The molecule has 8 nitrogen and oxygen atoms in total. The Kier molecular flexibility index (Phi) is 57.8. The summed E-state index contributed by atoms with van der Waals surface area (Å²) in [4.78, 5) is 23.4. The number of phosphoric acid groups is 1. The fourth-order valence-electron chi connectivity index (χ4n) is 10.4. The molecule has 1 amide bonds. The van der Waals surface area contributed by atoms with Crippen molar-refractivity contribution < 1.29 is 32.9 Å². The molecule has 0 aliphatic carbocycles. The molecule has 3 unspecified atom stereocenters. The van der Waals surface area contributed by atoms with Crippen LogP contribution in [0, 0.1) is 0 Å². The molecule has 76 heavy (non-hydrogen) atoms. The van der Waals surface area contributed by atoms with Crippen LogP contribution >= 0.6 is 7.82 Å². The van der Waals surface area contributed by atoms with Crippen LogP contribution in [0.3, 0.4) is 0 Å². The maximum absolute atomic E-state index is 13.0. The quantitative estimate of drug-likeness (QED) is 0.0243. The number of nitrogens with zero attached hydrogens (tertiary/aromatic N) is 1. The van der Waals surface area contributed by atoms with Crippen LogP contribution in [-0.4, -0.2) is 73.4 Å². The van der Waals surface area contributed by atoms with E-state index in [1.165, 1.54) is 289 Å². The topological polar surface area (TPSA) is 105 Å². The zero-order valence-electron chi connectivity index (χ0n) is 51.8. The summed E-state index contributed by atoms with van der Waals surface area (Å²) < 4.78 is 23.8. The van der Waals surface area contributed by atoms with E-state index in [9.17, 15) is 19.4 Å². The zero-order chi connectivity index (χ0) is 55.6. The number of phosphoric ester groups is 1. The summed E-state index contributed by atoms with van der Waals surface area (Å²) in [6.45, 7) is 4.86. The van der Waals surface area contributed by atoms with Gasteiger partial charge in [-0.1, -0.05) is 334 Å². The summed E-state index contributed by atoms with van der Waals surface area (Å²) in [5.74, 6) is -0.179. The number of nitrogens with one attached hydrogen (secondary N) is 1. The third kappa shape index (κ3) is 60.6. The summed E-state index contributed by atoms with van der Waals surface area (Å²) in [6.07, 6.45) is 76.1. The number of hydrogen-bond donors (Lipinski definition) is 3. The van der Waals surface area contributed by atoms with Gasteiger partial charge in [-0.2, -0.15) is 0 Å². The summed E-state index contributed by atoms with van der Waals surface area (Å²) in [6, 6.07) is -0.861. The Morgan fingerprint density at radius 2 is 0.724 bits per heavy atom. The first kappa shape index (κ1) is 75.0. The van der Waals surface area contributed by atoms with E-state index in [2.05, 4.69) is 31.3 Å². The number of aliphatic hydroxyl groups is 1. The van der Waals surface area contributed by atoms with Gasteiger partial charge < -0.3 is 19.8 Å². The molecule has 0 heterocycles. The van der Waals surface area contributed by atoms with E-state index in [-0.39, 0.29) is 19.1 Å². The average Bonchev–Trinajstić information content (AvgIpc) is 3.38. The molecular weight excluding hydrogens is 960 g/mol. The van der Waals surface area contributed by atoms with Crippen molar-refractivity contribution >= 4 is 13.7 Å². The number of allylic oxidation sites excluding steroid dienone is 3. The fraction of sp³-hybridized carbons (Fsp3) is 0.925. The second kappa shape index (κ2) is 58.6. The minimum absolute atomic E-state index is 0.0590. The summed E-state index contributed by atoms with van der Waals surface area (Å²) in [5, 5.41) is 14.0. The molecule has 9 heteroatoms. The van der Waals surface area contributed by atoms with Crippen LogP contribution in [0.2, 0.25) is 0 Å². The molecule has 3 atom stereocenters. The first-order valence-corrected chi connectivity index (χ1v) is 35.2. The Labute approximate surface area is 474 Å². The predicted molar refractivity (Wildman–Crippen MR) is 332 cm³/mol. The number of carbonyl (C=O) groups is 1. The first-order valence-electron chi connectivity index (χ1n) is 33.7. The maximum atomic E-state index is 13.0. The highest BCUT2D eigenvalue weighted by molar-refractivity contribution is 7.47. The molecule has 0 aliphatic heterocycles. The molecule has 0 bridgehead atoms. The van der Waals surface area contributed by atoms with E-state index >= 15 is 0 Å². The maximum Gasteiger partial charge on any atom is 0.472 e. The first-order chi connectivity index (χ1) is 37.0. The molecule has 0 aromatic rings. The van der Waals surface area contributed by atoms with E-state index in [4.69, 9.17) is 9.05 Å². The lowest BCUT2D eigenvalue weighted by molar-refractivity contribution is -0.870. The average molecular weight is 1090 g/mol. The van der Waals surface area contributed by atoms with Gasteiger partial charge >= 0.3 is 7.82 Å². The Balaban J connectivity index is 4.09. The highest BCUT2D eigenvalue weighted by atomic mass is 31.2. The summed E-state index contributed by atoms with van der Waals surface area (Å²) in [5.41, 5.74) is 0. The summed E-state index contributed by atoms with van der Waals surface area (Å²) in [7, 11) is 1.57. The Bertz CT molecular complexity index is 1290. The van der Waals surface area contributed by atoms with Gasteiger partial charge in [0.05, 0.1) is 39.9 Å². The van der Waals surface area contributed by atoms with Crippen LogP contribution in [0.15, 0.2) is 24.3 Å². The van der Waals surface area contributed by atoms with Crippen LogP contribution in [0.1, 0.15) is 348 Å². The van der Waals surface area contributed by atoms with E-state index < -0.39 is 20.0 Å². The van der Waals surface area contributed by atoms with Crippen LogP contribution in [0.4, 0.5) is 0 Å². The molecule has 0 fully saturated rings. The molecule has 452 valence electrons. The van der Waals surface area contributed by atoms with Crippen molar-refractivity contribution in [1.82, 2.24) is 5.32 Å². The van der Waals surface area contributed by atoms with Gasteiger partial charge in [0.1, 0.15) is 13.2 Å². The van der Waals surface area contributed by atoms with Gasteiger partial charge in [0.25, 0.3) is 0 Å². The number of unbranched alkanes of at least 4 members (excludes halogenated alkanes) is 48. The molecule has 3 N–H and O–H groups in total. The Hall–Kier alpha value is -1.02. The van der Waals surface area contributed by atoms with Crippen molar-refractivity contribution in [2.75, 3.05) is 40.9 Å². The third-order valence-corrected chi connectivity index (χ3v) is 16.7. The van der Waals surface area contributed by atoms with Crippen LogP contribution < -0.4 is 5.32 Å². The smallest absolute Gasteiger partial charge is 0.387 e. The molecular formula is C67H134N2O6P+. The highest BCUT2D eigenvalue weighted by Crippen LogP contribution is 2.43. The molecule has 0 aromatic heterocycles. The van der Waals surface area contributed by atoms with Gasteiger partial charge in [-0.15, -0.1) is 0 Å². The second-order valence-corrected chi connectivity index (χ2v) is 26.0. The zero-order valence-corrected chi connectivity index (χ0v) is 52.7. The third-order valence-electron chi connectivity index (χ3n) is 15.7. The van der Waals surface area contributed by atoms with Crippen molar-refractivity contribution in [3.63, 3.8) is 0 Å². The van der Waals surface area contributed by atoms with E-state index in [0.29, 0.717) is 17.4 Å². The Morgan fingerprint density at radius 3 is 1.05 bits per heavy atom. The van der Waals surface area contributed by atoms with Gasteiger partial charge in [-0.05, 0) is 32.1 Å². The fourth-order valence-corrected chi connectivity index (χ4v) is 11.2. The van der Waals surface area contributed by atoms with Crippen molar-refractivity contribution in [3.8, 4) is 0 Å². The normalized spacial score (nSPS) is 13.8. The van der Waals surface area contributed by atoms with Gasteiger partial charge in [0.15, 0.2) is 0 Å². The minimum Gasteiger partial charge on any atom is -0.387 e. The number of carbonyl (C=O) groups excluding carboxylic acids is 1. The molecule has 0 saturated carbocycles. The van der Waals surface area contributed by atoms with Crippen molar-refractivity contribution in [3.05, 3.63) is 24.3 Å². The minimum atomic E-state index is -4.36. The van der Waals surface area contributed by atoms with Gasteiger partial charge in [-0.3, -0.25) is 13.8 Å². The largest absolute Gasteiger partial charge is 0.472 e. The number of amides is 1. The standard InChI is InChI=1S/C67H133N2O6P/c1-6-8-10-12-14-16-18-20-22-24-26-28-30-31-32-33-34-35-36-37-39-40-42-44-46-48-50-52-54-56-58-60-66(70)65(64-75-76(72,73)74-63-62-69(3,4)5)68-67(71)61-59-57-55-53-51-49-47-45-43-41-38-29-27-25-23-21-19-17-15-13-11-9-7-2/h50,52,58,60,65-66,70H,6-49,51,53-57,59,61-64H2,1-5H3,(H-,68,71,72,73)/p+1/b52-50+,60-58+. The van der Waals surface area contributed by atoms with E-state index in [1.807, 2.05) is 27.2 Å². The molecule has 0 saturated heterocycles. The number of likely N-dealkylation sites (N-methyl/N-ethyl adjacent to an activating group) is 1. The lowest BCUT2D eigenvalue weighted by atomic mass is 10.0. The molecule has 0 spiro atoms. The van der Waals surface area contributed by atoms with Crippen molar-refractivity contribution in [2.24, 2.45) is 0 Å². The SMILES string of the molecule is CCCCCCCCCCCCCCCCCCCCCCCCCCC/C=C/CC/C=C/C(O)C(COP(=O)(O)OCC[N+](C)(C)C)NC(=O)CCCCCCCCCCCCCCCCCCCCCCCCC. The van der Waals surface area contributed by atoms with Crippen LogP contribution in [0.25, 0.3) is 0 Å². The van der Waals surface area contributed by atoms with Gasteiger partial charge in [-0.25, -0.2) is 4.57 Å². The molecule has 0 aromatic carbocycles. The number of hydrogen-bond acceptors (Lipinski definition) is 5. The lowest BCUT2D eigenvalue weighted by Crippen LogP contribution is -2.45. The van der Waals surface area contributed by atoms with E-state index in [1.54, 1.807) is 6.08 Å². The Morgan fingerprint density at radius 1 is 0.434 bits per heavy atom. The second-order valence-electron chi connectivity index (χ2n) is 24.6.